The van der Waals surface area contributed by atoms with Crippen molar-refractivity contribution in [3.63, 3.8) is 0 Å². The summed E-state index contributed by atoms with van der Waals surface area (Å²) in [5, 5.41) is 0. The summed E-state index contributed by atoms with van der Waals surface area (Å²) in [6, 6.07) is 7.16. The number of carbonyl (C=O) groups excluding carboxylic acids is 1. The molecule has 2 rings (SSSR count). The third-order valence-corrected chi connectivity index (χ3v) is 2.30. The Kier molecular flexibility index (Phi) is 2.19. The first kappa shape index (κ1) is 9.71. The second-order valence-electron chi connectivity index (χ2n) is 3.78. The highest BCUT2D eigenvalue weighted by atomic mass is 16.2. The molecule has 0 saturated heterocycles. The number of carbonyl (C=O) groups is 1. The number of imidazole rings is 1. The molecule has 0 amide bonds. The summed E-state index contributed by atoms with van der Waals surface area (Å²) in [6.45, 7) is 3.55. The van der Waals surface area contributed by atoms with Crippen LogP contribution in [0, 0.1) is 5.92 Å². The molecule has 1 N–H and O–H groups in total. The highest BCUT2D eigenvalue weighted by Gasteiger charge is 2.15. The lowest BCUT2D eigenvalue weighted by atomic mass is 10.2. The van der Waals surface area contributed by atoms with E-state index < -0.39 is 0 Å². The molecule has 0 atom stereocenters. The minimum atomic E-state index is -0.366. The summed E-state index contributed by atoms with van der Waals surface area (Å²) in [4.78, 5) is 26.0. The van der Waals surface area contributed by atoms with Crippen molar-refractivity contribution in [2.75, 3.05) is 0 Å². The largest absolute Gasteiger partial charge is 0.333 e. The van der Waals surface area contributed by atoms with E-state index in [9.17, 15) is 9.59 Å². The Morgan fingerprint density at radius 3 is 2.67 bits per heavy atom. The first-order valence-electron chi connectivity index (χ1n) is 4.85. The zero-order valence-corrected chi connectivity index (χ0v) is 8.65. The van der Waals surface area contributed by atoms with Gasteiger partial charge in [-0.05, 0) is 12.1 Å². The highest BCUT2D eigenvalue weighted by Crippen LogP contribution is 2.10. The minimum Gasteiger partial charge on any atom is -0.305 e. The van der Waals surface area contributed by atoms with Crippen LogP contribution in [0.15, 0.2) is 29.1 Å². The summed E-state index contributed by atoms with van der Waals surface area (Å²) in [6.07, 6.45) is 0. The topological polar surface area (TPSA) is 54.9 Å². The quantitative estimate of drug-likeness (QED) is 0.767. The number of benzene rings is 1. The van der Waals surface area contributed by atoms with Crippen LogP contribution in [-0.2, 0) is 0 Å². The van der Waals surface area contributed by atoms with Crippen LogP contribution in [-0.4, -0.2) is 15.5 Å². The first-order chi connectivity index (χ1) is 7.11. The Morgan fingerprint density at radius 1 is 1.33 bits per heavy atom. The van der Waals surface area contributed by atoms with Gasteiger partial charge in [-0.25, -0.2) is 9.36 Å². The van der Waals surface area contributed by atoms with Crippen LogP contribution in [0.4, 0.5) is 0 Å². The highest BCUT2D eigenvalue weighted by molar-refractivity contribution is 5.90. The van der Waals surface area contributed by atoms with Crippen LogP contribution < -0.4 is 5.69 Å². The van der Waals surface area contributed by atoms with Gasteiger partial charge in [-0.3, -0.25) is 4.79 Å². The van der Waals surface area contributed by atoms with Crippen LogP contribution in [0.1, 0.15) is 18.6 Å². The molecule has 0 bridgehead atoms. The molecule has 1 aromatic heterocycles. The fraction of sp³-hybridized carbons (Fsp3) is 0.273. The van der Waals surface area contributed by atoms with Crippen molar-refractivity contribution in [1.82, 2.24) is 9.55 Å². The van der Waals surface area contributed by atoms with Crippen molar-refractivity contribution in [3.8, 4) is 0 Å². The van der Waals surface area contributed by atoms with E-state index >= 15 is 0 Å². The maximum atomic E-state index is 11.8. The van der Waals surface area contributed by atoms with Crippen molar-refractivity contribution >= 4 is 16.9 Å². The number of rotatable bonds is 1. The second kappa shape index (κ2) is 3.38. The third kappa shape index (κ3) is 1.48. The Morgan fingerprint density at radius 2 is 2.00 bits per heavy atom. The number of hydrogen-bond acceptors (Lipinski definition) is 2. The van der Waals surface area contributed by atoms with Crippen molar-refractivity contribution in [2.24, 2.45) is 5.92 Å². The van der Waals surface area contributed by atoms with Gasteiger partial charge in [0.05, 0.1) is 11.0 Å². The van der Waals surface area contributed by atoms with Gasteiger partial charge in [0.1, 0.15) is 0 Å². The number of nitrogens with one attached hydrogen (secondary N) is 1. The Bertz CT molecular complexity index is 563. The SMILES string of the molecule is CC(C)C(=O)n1c(=O)[nH]c2ccccc21. The molecular formula is C11H12N2O2. The smallest absolute Gasteiger partial charge is 0.305 e. The molecule has 1 aromatic carbocycles. The van der Waals surface area contributed by atoms with Crippen LogP contribution in [0.3, 0.4) is 0 Å². The summed E-state index contributed by atoms with van der Waals surface area (Å²) in [7, 11) is 0. The summed E-state index contributed by atoms with van der Waals surface area (Å²) in [5.41, 5.74) is 0.965. The molecule has 4 heteroatoms. The van der Waals surface area contributed by atoms with Gasteiger partial charge in [-0.1, -0.05) is 26.0 Å². The van der Waals surface area contributed by atoms with E-state index in [-0.39, 0.29) is 17.5 Å². The van der Waals surface area contributed by atoms with Gasteiger partial charge in [0, 0.05) is 5.92 Å². The number of para-hydroxylation sites is 2. The maximum absolute atomic E-state index is 11.8. The molecule has 0 aliphatic rings. The van der Waals surface area contributed by atoms with E-state index in [1.165, 1.54) is 4.57 Å². The van der Waals surface area contributed by atoms with Gasteiger partial charge in [-0.2, -0.15) is 0 Å². The van der Waals surface area contributed by atoms with E-state index in [1.807, 2.05) is 6.07 Å². The first-order valence-corrected chi connectivity index (χ1v) is 4.85. The average Bonchev–Trinajstić information content (AvgIpc) is 2.52. The number of H-pyrrole nitrogens is 1. The minimum absolute atomic E-state index is 0.183. The molecule has 15 heavy (non-hydrogen) atoms. The zero-order chi connectivity index (χ0) is 11.0. The number of hydrogen-bond donors (Lipinski definition) is 1. The lowest BCUT2D eigenvalue weighted by molar-refractivity contribution is 0.0856. The predicted molar refractivity (Wildman–Crippen MR) is 58.0 cm³/mol. The molecule has 0 fully saturated rings. The monoisotopic (exact) mass is 204 g/mol. The molecule has 4 nitrogen and oxygen atoms in total. The fourth-order valence-corrected chi connectivity index (χ4v) is 1.53. The predicted octanol–water partition coefficient (Wildman–Crippen LogP) is 1.63. The van der Waals surface area contributed by atoms with Gasteiger partial charge >= 0.3 is 5.69 Å². The molecule has 0 spiro atoms. The lowest BCUT2D eigenvalue weighted by Crippen LogP contribution is -2.27. The van der Waals surface area contributed by atoms with Crippen molar-refractivity contribution in [1.29, 1.82) is 0 Å². The van der Waals surface area contributed by atoms with Gasteiger partial charge in [0.2, 0.25) is 5.91 Å². The van der Waals surface area contributed by atoms with E-state index in [2.05, 4.69) is 4.98 Å². The molecule has 0 radical (unpaired) electrons. The number of aromatic nitrogens is 2. The summed E-state index contributed by atoms with van der Waals surface area (Å²) < 4.78 is 1.19. The Labute approximate surface area is 86.5 Å². The van der Waals surface area contributed by atoms with Crippen LogP contribution >= 0.6 is 0 Å². The van der Waals surface area contributed by atoms with Gasteiger partial charge in [0.15, 0.2) is 0 Å². The third-order valence-electron chi connectivity index (χ3n) is 2.30. The molecule has 0 aliphatic carbocycles. The van der Waals surface area contributed by atoms with Gasteiger partial charge < -0.3 is 4.98 Å². The Hall–Kier alpha value is -1.84. The fourth-order valence-electron chi connectivity index (χ4n) is 1.53. The maximum Gasteiger partial charge on any atom is 0.333 e. The van der Waals surface area contributed by atoms with Crippen molar-refractivity contribution < 1.29 is 4.79 Å². The van der Waals surface area contributed by atoms with Crippen molar-refractivity contribution in [2.45, 2.75) is 13.8 Å². The summed E-state index contributed by atoms with van der Waals surface area (Å²) in [5.74, 6) is -0.376. The molecule has 2 aromatic rings. The van der Waals surface area contributed by atoms with Gasteiger partial charge in [-0.15, -0.1) is 0 Å². The molecule has 0 unspecified atom stereocenters. The standard InChI is InChI=1S/C11H12N2O2/c1-7(2)10(14)13-9-6-4-3-5-8(9)12-11(13)15/h3-7H,1-2H3,(H,12,15). The lowest BCUT2D eigenvalue weighted by Gasteiger charge is -2.04. The van der Waals surface area contributed by atoms with E-state index in [0.717, 1.165) is 0 Å². The molecule has 0 saturated carbocycles. The Balaban J connectivity index is 2.75. The van der Waals surface area contributed by atoms with E-state index in [1.54, 1.807) is 32.0 Å². The average molecular weight is 204 g/mol. The molecule has 78 valence electrons. The normalized spacial score (nSPS) is 11.1. The van der Waals surface area contributed by atoms with Crippen molar-refractivity contribution in [3.05, 3.63) is 34.7 Å². The molecule has 0 aliphatic heterocycles. The van der Waals surface area contributed by atoms with E-state index in [0.29, 0.717) is 11.0 Å². The van der Waals surface area contributed by atoms with Crippen LogP contribution in [0.5, 0.6) is 0 Å². The van der Waals surface area contributed by atoms with Crippen LogP contribution in [0.2, 0.25) is 0 Å². The second-order valence-corrected chi connectivity index (χ2v) is 3.78. The molecule has 1 heterocycles. The van der Waals surface area contributed by atoms with Gasteiger partial charge in [0.25, 0.3) is 0 Å². The van der Waals surface area contributed by atoms with E-state index in [4.69, 9.17) is 0 Å². The molecular weight excluding hydrogens is 192 g/mol. The number of nitrogens with zero attached hydrogens (tertiary/aromatic N) is 1. The zero-order valence-electron chi connectivity index (χ0n) is 8.65. The van der Waals surface area contributed by atoms with Crippen LogP contribution in [0.25, 0.3) is 11.0 Å². The number of fused-ring (bicyclic) bond motifs is 1. The summed E-state index contributed by atoms with van der Waals surface area (Å²) >= 11 is 0. The number of aromatic amines is 1.